The second-order valence-electron chi connectivity index (χ2n) is 2.85. The van der Waals surface area contributed by atoms with E-state index >= 15 is 0 Å². The van der Waals surface area contributed by atoms with Crippen LogP contribution in [0, 0.1) is 5.82 Å². The standard InChI is InChI=1S/C9H9BrFNO2/c1-12(5-9(13)14)8-4-6(10)2-3-7(8)11/h2-4H,5H2,1H3,(H,13,14). The Kier molecular flexibility index (Phi) is 3.46. The quantitative estimate of drug-likeness (QED) is 0.906. The van der Waals surface area contributed by atoms with Crippen LogP contribution in [0.25, 0.3) is 0 Å². The number of likely N-dealkylation sites (N-methyl/N-ethyl adjacent to an activating group) is 1. The van der Waals surface area contributed by atoms with E-state index < -0.39 is 11.8 Å². The smallest absolute Gasteiger partial charge is 0.323 e. The highest BCUT2D eigenvalue weighted by atomic mass is 79.9. The number of benzene rings is 1. The van der Waals surface area contributed by atoms with Crippen molar-refractivity contribution in [3.8, 4) is 0 Å². The Labute approximate surface area is 89.3 Å². The van der Waals surface area contributed by atoms with Gasteiger partial charge in [0.15, 0.2) is 0 Å². The summed E-state index contributed by atoms with van der Waals surface area (Å²) < 4.78 is 13.9. The first-order valence-corrected chi connectivity index (χ1v) is 4.68. The molecule has 1 aromatic rings. The maximum absolute atomic E-state index is 13.2. The van der Waals surface area contributed by atoms with Gasteiger partial charge in [0.2, 0.25) is 0 Å². The van der Waals surface area contributed by atoms with Crippen molar-refractivity contribution in [1.82, 2.24) is 0 Å². The molecule has 1 rings (SSSR count). The molecule has 0 saturated heterocycles. The van der Waals surface area contributed by atoms with E-state index in [4.69, 9.17) is 5.11 Å². The highest BCUT2D eigenvalue weighted by Gasteiger charge is 2.10. The molecule has 0 fully saturated rings. The molecule has 0 aliphatic heterocycles. The zero-order valence-electron chi connectivity index (χ0n) is 7.50. The Balaban J connectivity index is 2.93. The third kappa shape index (κ3) is 2.70. The number of hydrogen-bond acceptors (Lipinski definition) is 2. The van der Waals surface area contributed by atoms with Crippen LogP contribution in [0.4, 0.5) is 10.1 Å². The summed E-state index contributed by atoms with van der Waals surface area (Å²) in [6.07, 6.45) is 0. The molecule has 0 amide bonds. The SMILES string of the molecule is CN(CC(=O)O)c1cc(Br)ccc1F. The Morgan fingerprint density at radius 2 is 2.29 bits per heavy atom. The molecule has 76 valence electrons. The third-order valence-corrected chi connectivity index (χ3v) is 2.19. The lowest BCUT2D eigenvalue weighted by Gasteiger charge is -2.17. The Morgan fingerprint density at radius 1 is 1.64 bits per heavy atom. The molecule has 0 bridgehead atoms. The van der Waals surface area contributed by atoms with Crippen LogP contribution in [-0.2, 0) is 4.79 Å². The Morgan fingerprint density at radius 3 is 2.86 bits per heavy atom. The molecular formula is C9H9BrFNO2. The molecule has 0 aliphatic carbocycles. The molecule has 0 atom stereocenters. The summed E-state index contributed by atoms with van der Waals surface area (Å²) in [6, 6.07) is 4.39. The largest absolute Gasteiger partial charge is 0.480 e. The van der Waals surface area contributed by atoms with Crippen LogP contribution in [-0.4, -0.2) is 24.7 Å². The van der Waals surface area contributed by atoms with Crippen molar-refractivity contribution in [2.24, 2.45) is 0 Å². The second kappa shape index (κ2) is 4.41. The molecule has 0 aliphatic rings. The molecule has 1 N–H and O–H groups in total. The van der Waals surface area contributed by atoms with Crippen molar-refractivity contribution in [2.45, 2.75) is 0 Å². The first-order chi connectivity index (χ1) is 6.50. The first-order valence-electron chi connectivity index (χ1n) is 3.88. The van der Waals surface area contributed by atoms with Gasteiger partial charge in [-0.05, 0) is 18.2 Å². The van der Waals surface area contributed by atoms with Gasteiger partial charge in [-0.3, -0.25) is 4.79 Å². The molecule has 3 nitrogen and oxygen atoms in total. The van der Waals surface area contributed by atoms with Gasteiger partial charge in [0, 0.05) is 11.5 Å². The highest BCUT2D eigenvalue weighted by molar-refractivity contribution is 9.10. The summed E-state index contributed by atoms with van der Waals surface area (Å²) >= 11 is 3.19. The predicted octanol–water partition coefficient (Wildman–Crippen LogP) is 2.11. The van der Waals surface area contributed by atoms with Crippen LogP contribution in [0.5, 0.6) is 0 Å². The molecular weight excluding hydrogens is 253 g/mol. The van der Waals surface area contributed by atoms with Crippen LogP contribution in [0.15, 0.2) is 22.7 Å². The lowest BCUT2D eigenvalue weighted by molar-refractivity contribution is -0.135. The number of anilines is 1. The molecule has 0 heterocycles. The summed E-state index contributed by atoms with van der Waals surface area (Å²) in [5, 5.41) is 8.53. The molecule has 0 aromatic heterocycles. The van der Waals surface area contributed by atoms with Crippen LogP contribution in [0.3, 0.4) is 0 Å². The maximum atomic E-state index is 13.2. The summed E-state index contributed by atoms with van der Waals surface area (Å²) in [5.41, 5.74) is 0.266. The number of hydrogen-bond donors (Lipinski definition) is 1. The van der Waals surface area contributed by atoms with Gasteiger partial charge in [0.25, 0.3) is 0 Å². The number of nitrogens with zero attached hydrogens (tertiary/aromatic N) is 1. The van der Waals surface area contributed by atoms with Crippen molar-refractivity contribution in [3.05, 3.63) is 28.5 Å². The van der Waals surface area contributed by atoms with Gasteiger partial charge in [0.05, 0.1) is 5.69 Å². The van der Waals surface area contributed by atoms with Crippen LogP contribution < -0.4 is 4.90 Å². The highest BCUT2D eigenvalue weighted by Crippen LogP contribution is 2.22. The first kappa shape index (κ1) is 11.0. The minimum absolute atomic E-state index is 0.229. The minimum Gasteiger partial charge on any atom is -0.480 e. The zero-order chi connectivity index (χ0) is 10.7. The number of aliphatic carboxylic acids is 1. The summed E-state index contributed by atoms with van der Waals surface area (Å²) in [5.74, 6) is -1.43. The van der Waals surface area contributed by atoms with Crippen LogP contribution in [0.2, 0.25) is 0 Å². The van der Waals surface area contributed by atoms with Gasteiger partial charge < -0.3 is 10.0 Å². The Hall–Kier alpha value is -1.10. The molecule has 0 unspecified atom stereocenters. The van der Waals surface area contributed by atoms with E-state index in [0.717, 1.165) is 0 Å². The predicted molar refractivity (Wildman–Crippen MR) is 55.0 cm³/mol. The number of rotatable bonds is 3. The van der Waals surface area contributed by atoms with Gasteiger partial charge in [0.1, 0.15) is 12.4 Å². The fraction of sp³-hybridized carbons (Fsp3) is 0.222. The fourth-order valence-corrected chi connectivity index (χ4v) is 1.42. The van der Waals surface area contributed by atoms with Crippen LogP contribution >= 0.6 is 15.9 Å². The van der Waals surface area contributed by atoms with E-state index in [1.165, 1.54) is 24.1 Å². The second-order valence-corrected chi connectivity index (χ2v) is 3.76. The third-order valence-electron chi connectivity index (χ3n) is 1.69. The average molecular weight is 262 g/mol. The zero-order valence-corrected chi connectivity index (χ0v) is 9.08. The maximum Gasteiger partial charge on any atom is 0.323 e. The molecule has 0 saturated carbocycles. The normalized spacial score (nSPS) is 9.93. The molecule has 5 heteroatoms. The minimum atomic E-state index is -0.994. The lowest BCUT2D eigenvalue weighted by Crippen LogP contribution is -2.25. The average Bonchev–Trinajstić information content (AvgIpc) is 2.08. The Bertz CT molecular complexity index is 357. The number of carboxylic acids is 1. The summed E-state index contributed by atoms with van der Waals surface area (Å²) in [4.78, 5) is 11.7. The summed E-state index contributed by atoms with van der Waals surface area (Å²) in [7, 11) is 1.53. The van der Waals surface area contributed by atoms with E-state index in [2.05, 4.69) is 15.9 Å². The van der Waals surface area contributed by atoms with Gasteiger partial charge in [-0.1, -0.05) is 15.9 Å². The lowest BCUT2D eigenvalue weighted by atomic mass is 10.3. The fourth-order valence-electron chi connectivity index (χ4n) is 1.07. The van der Waals surface area contributed by atoms with Crippen molar-refractivity contribution >= 4 is 27.6 Å². The molecule has 0 radical (unpaired) electrons. The van der Waals surface area contributed by atoms with Crippen molar-refractivity contribution in [2.75, 3.05) is 18.5 Å². The van der Waals surface area contributed by atoms with E-state index in [1.54, 1.807) is 6.07 Å². The van der Waals surface area contributed by atoms with Gasteiger partial charge in [-0.25, -0.2) is 4.39 Å². The van der Waals surface area contributed by atoms with Crippen molar-refractivity contribution < 1.29 is 14.3 Å². The van der Waals surface area contributed by atoms with Crippen molar-refractivity contribution in [3.63, 3.8) is 0 Å². The number of carboxylic acid groups (broad SMARTS) is 1. The van der Waals surface area contributed by atoms with E-state index in [0.29, 0.717) is 4.47 Å². The number of carbonyl (C=O) groups is 1. The van der Waals surface area contributed by atoms with E-state index in [1.807, 2.05) is 0 Å². The van der Waals surface area contributed by atoms with Crippen molar-refractivity contribution in [1.29, 1.82) is 0 Å². The topological polar surface area (TPSA) is 40.5 Å². The van der Waals surface area contributed by atoms with Crippen LogP contribution in [0.1, 0.15) is 0 Å². The van der Waals surface area contributed by atoms with Gasteiger partial charge in [-0.2, -0.15) is 0 Å². The van der Waals surface area contributed by atoms with E-state index in [9.17, 15) is 9.18 Å². The van der Waals surface area contributed by atoms with Gasteiger partial charge >= 0.3 is 5.97 Å². The van der Waals surface area contributed by atoms with Gasteiger partial charge in [-0.15, -0.1) is 0 Å². The summed E-state index contributed by atoms with van der Waals surface area (Å²) in [6.45, 7) is -0.229. The molecule has 14 heavy (non-hydrogen) atoms. The molecule has 1 aromatic carbocycles. The van der Waals surface area contributed by atoms with E-state index in [-0.39, 0.29) is 12.2 Å². The number of halogens is 2. The molecule has 0 spiro atoms. The monoisotopic (exact) mass is 261 g/mol.